The highest BCUT2D eigenvalue weighted by Gasteiger charge is 2.35. The number of anilines is 1. The fourth-order valence-corrected chi connectivity index (χ4v) is 2.12. The molecule has 1 aliphatic heterocycles. The number of aromatic nitrogens is 4. The molecule has 3 atom stereocenters. The molecular weight excluding hydrogens is 238 g/mol. The van der Waals surface area contributed by atoms with Gasteiger partial charge in [-0.3, -0.25) is 4.57 Å². The average Bonchev–Trinajstić information content (AvgIpc) is 2.93. The van der Waals surface area contributed by atoms with Gasteiger partial charge >= 0.3 is 0 Å². The van der Waals surface area contributed by atoms with Crippen LogP contribution < -0.4 is 5.73 Å². The minimum atomic E-state index is -0.760. The van der Waals surface area contributed by atoms with Gasteiger partial charge in [0, 0.05) is 6.42 Å². The molecule has 0 saturated carbocycles. The summed E-state index contributed by atoms with van der Waals surface area (Å²) in [6, 6.07) is 0. The molecule has 0 bridgehead atoms. The maximum Gasteiger partial charge on any atom is 0.167 e. The van der Waals surface area contributed by atoms with E-state index in [2.05, 4.69) is 15.0 Å². The Hall–Kier alpha value is -1.77. The number of rotatable bonds is 2. The molecule has 0 unspecified atom stereocenters. The van der Waals surface area contributed by atoms with Gasteiger partial charge in [0.2, 0.25) is 0 Å². The van der Waals surface area contributed by atoms with E-state index >= 15 is 0 Å². The number of nitrogens with zero attached hydrogens (tertiary/aromatic N) is 4. The quantitative estimate of drug-likeness (QED) is 0.740. The molecule has 95 valence electrons. The molecule has 3 rings (SSSR count). The number of hydrogen-bond donors (Lipinski definition) is 2. The molecule has 3 N–H and O–H groups in total. The molecule has 3 heterocycles. The highest BCUT2D eigenvalue weighted by atomic mass is 16.5. The Kier molecular flexibility index (Phi) is 2.62. The molecule has 8 heteroatoms. The Morgan fingerprint density at radius 2 is 2.33 bits per heavy atom. The Balaban J connectivity index is 1.99. The number of fused-ring (bicyclic) bond motifs is 1. The first-order valence-corrected chi connectivity index (χ1v) is 5.55. The number of nitrogens with two attached hydrogens (primary N) is 1. The first-order valence-electron chi connectivity index (χ1n) is 5.55. The molecule has 0 aromatic carbocycles. The van der Waals surface area contributed by atoms with Gasteiger partial charge in [-0.2, -0.15) is 0 Å². The van der Waals surface area contributed by atoms with E-state index in [0.29, 0.717) is 17.6 Å². The van der Waals surface area contributed by atoms with Gasteiger partial charge in [0.1, 0.15) is 30.8 Å². The summed E-state index contributed by atoms with van der Waals surface area (Å²) in [6.45, 7) is -0.471. The summed E-state index contributed by atoms with van der Waals surface area (Å²) in [5.41, 5.74) is 6.70. The van der Waals surface area contributed by atoms with Crippen molar-refractivity contribution in [3.63, 3.8) is 0 Å². The topological polar surface area (TPSA) is 119 Å². The van der Waals surface area contributed by atoms with Gasteiger partial charge in [-0.05, 0) is 0 Å². The number of ether oxygens (including phenoxy) is 1. The van der Waals surface area contributed by atoms with Crippen LogP contribution in [0, 0.1) is 0 Å². The molecule has 8 nitrogen and oxygen atoms in total. The number of nitrogen functional groups attached to an aromatic ring is 1. The fourth-order valence-electron chi connectivity index (χ4n) is 2.12. The lowest BCUT2D eigenvalue weighted by Gasteiger charge is -2.12. The molecule has 1 aliphatic rings. The number of hydrogen-bond acceptors (Lipinski definition) is 6. The van der Waals surface area contributed by atoms with E-state index in [-0.39, 0.29) is 5.82 Å². The van der Waals surface area contributed by atoms with Gasteiger partial charge in [0.25, 0.3) is 0 Å². The second kappa shape index (κ2) is 4.16. The third-order valence-electron chi connectivity index (χ3n) is 3.07. The lowest BCUT2D eigenvalue weighted by atomic mass is 10.2. The molecule has 0 aliphatic carbocycles. The van der Waals surface area contributed by atoms with E-state index in [0.717, 1.165) is 0 Å². The largest absolute Gasteiger partial charge is 0.390 e. The second-order valence-electron chi connectivity index (χ2n) is 4.18. The van der Waals surface area contributed by atoms with Crippen molar-refractivity contribution in [3.8, 4) is 0 Å². The van der Waals surface area contributed by atoms with Gasteiger partial charge in [0.05, 0.1) is 12.4 Å². The van der Waals surface area contributed by atoms with Crippen molar-refractivity contribution in [1.82, 2.24) is 19.5 Å². The summed E-state index contributed by atoms with van der Waals surface area (Å²) in [5.74, 6) is 0.290. The van der Waals surface area contributed by atoms with Gasteiger partial charge in [0.15, 0.2) is 11.5 Å². The van der Waals surface area contributed by atoms with Crippen LogP contribution in [0.4, 0.5) is 5.82 Å². The standard InChI is InChI=1S/C10H12N5O3/c11-9-8-10(13-3-12-9)15(4-14-8)7-1-5(17)6(2-16)18-7/h3-7,17H,1-2H2,(H2,11,12,13)/t5-,6+,7+/m0/s1. The van der Waals surface area contributed by atoms with Crippen molar-refractivity contribution in [1.29, 1.82) is 0 Å². The maximum absolute atomic E-state index is 10.8. The third kappa shape index (κ3) is 1.62. The summed E-state index contributed by atoms with van der Waals surface area (Å²) in [6.07, 6.45) is 1.31. The van der Waals surface area contributed by atoms with Crippen molar-refractivity contribution >= 4 is 17.0 Å². The molecule has 0 amide bonds. The van der Waals surface area contributed by atoms with Crippen molar-refractivity contribution in [2.75, 3.05) is 12.3 Å². The predicted molar refractivity (Wildman–Crippen MR) is 59.8 cm³/mol. The van der Waals surface area contributed by atoms with Crippen LogP contribution in [0.3, 0.4) is 0 Å². The number of aliphatic hydroxyl groups is 1. The Bertz CT molecular complexity index is 572. The lowest BCUT2D eigenvalue weighted by molar-refractivity contribution is -0.0575. The Morgan fingerprint density at radius 3 is 3.06 bits per heavy atom. The maximum atomic E-state index is 10.8. The van der Waals surface area contributed by atoms with Crippen molar-refractivity contribution < 1.29 is 14.9 Å². The molecule has 1 radical (unpaired) electrons. The van der Waals surface area contributed by atoms with E-state index in [1.807, 2.05) is 0 Å². The minimum Gasteiger partial charge on any atom is -0.390 e. The van der Waals surface area contributed by atoms with E-state index in [4.69, 9.17) is 10.5 Å². The molecule has 1 saturated heterocycles. The van der Waals surface area contributed by atoms with Crippen LogP contribution >= 0.6 is 0 Å². The SMILES string of the molecule is Nc1ncnc2c1ncn2[C@H]1C[C@H](O)[C@@H](C[O])O1. The second-order valence-corrected chi connectivity index (χ2v) is 4.18. The monoisotopic (exact) mass is 250 g/mol. The number of aliphatic hydroxyl groups excluding tert-OH is 1. The first kappa shape index (κ1) is 11.3. The summed E-state index contributed by atoms with van der Waals surface area (Å²) in [7, 11) is 0. The van der Waals surface area contributed by atoms with E-state index in [1.165, 1.54) is 12.7 Å². The minimum absolute atomic E-state index is 0.290. The highest BCUT2D eigenvalue weighted by Crippen LogP contribution is 2.31. The van der Waals surface area contributed by atoms with Crippen molar-refractivity contribution in [2.24, 2.45) is 0 Å². The van der Waals surface area contributed by atoms with Crippen molar-refractivity contribution in [3.05, 3.63) is 12.7 Å². The zero-order chi connectivity index (χ0) is 12.7. The lowest BCUT2D eigenvalue weighted by Crippen LogP contribution is -2.23. The normalized spacial score (nSPS) is 28.0. The van der Waals surface area contributed by atoms with Crippen LogP contribution in [-0.2, 0) is 9.84 Å². The fraction of sp³-hybridized carbons (Fsp3) is 0.500. The van der Waals surface area contributed by atoms with Crippen molar-refractivity contribution in [2.45, 2.75) is 24.9 Å². The predicted octanol–water partition coefficient (Wildman–Crippen LogP) is -0.513. The van der Waals surface area contributed by atoms with Gasteiger partial charge in [-0.15, -0.1) is 0 Å². The zero-order valence-corrected chi connectivity index (χ0v) is 9.43. The third-order valence-corrected chi connectivity index (χ3v) is 3.07. The summed E-state index contributed by atoms with van der Waals surface area (Å²) < 4.78 is 7.13. The molecule has 18 heavy (non-hydrogen) atoms. The highest BCUT2D eigenvalue weighted by molar-refractivity contribution is 5.81. The zero-order valence-electron chi connectivity index (χ0n) is 9.43. The van der Waals surface area contributed by atoms with Crippen LogP contribution in [0.5, 0.6) is 0 Å². The van der Waals surface area contributed by atoms with E-state index in [9.17, 15) is 10.2 Å². The molecule has 0 spiro atoms. The molecule has 1 fully saturated rings. The molecule has 2 aromatic rings. The number of imidazole rings is 1. The summed E-state index contributed by atoms with van der Waals surface area (Å²) in [5, 5.41) is 20.5. The first-order chi connectivity index (χ1) is 8.70. The van der Waals surface area contributed by atoms with Gasteiger partial charge in [-0.1, -0.05) is 0 Å². The van der Waals surface area contributed by atoms with Crippen LogP contribution in [0.2, 0.25) is 0 Å². The van der Waals surface area contributed by atoms with Crippen LogP contribution in [0.15, 0.2) is 12.7 Å². The molecule has 2 aromatic heterocycles. The average molecular weight is 250 g/mol. The summed E-state index contributed by atoms with van der Waals surface area (Å²) in [4.78, 5) is 12.0. The van der Waals surface area contributed by atoms with Crippen LogP contribution in [0.25, 0.3) is 11.2 Å². The van der Waals surface area contributed by atoms with E-state index < -0.39 is 25.0 Å². The van der Waals surface area contributed by atoms with E-state index in [1.54, 1.807) is 4.57 Å². The van der Waals surface area contributed by atoms with Crippen LogP contribution in [0.1, 0.15) is 12.6 Å². The Labute approximate surface area is 102 Å². The summed E-state index contributed by atoms with van der Waals surface area (Å²) >= 11 is 0. The Morgan fingerprint density at radius 1 is 1.50 bits per heavy atom. The van der Waals surface area contributed by atoms with Crippen LogP contribution in [-0.4, -0.2) is 43.4 Å². The van der Waals surface area contributed by atoms with Gasteiger partial charge in [-0.25, -0.2) is 20.1 Å². The van der Waals surface area contributed by atoms with Gasteiger partial charge < -0.3 is 15.6 Å². The molecular formula is C10H12N5O3. The smallest absolute Gasteiger partial charge is 0.167 e.